The van der Waals surface area contributed by atoms with Gasteiger partial charge in [-0.1, -0.05) is 18.2 Å². The Balaban J connectivity index is 1.55. The van der Waals surface area contributed by atoms with Gasteiger partial charge in [0.25, 0.3) is 5.69 Å². The maximum Gasteiger partial charge on any atom is 0.269 e. The van der Waals surface area contributed by atoms with Crippen LogP contribution in [0.5, 0.6) is 11.5 Å². The fourth-order valence-corrected chi connectivity index (χ4v) is 2.42. The predicted octanol–water partition coefficient (Wildman–Crippen LogP) is 2.19. The highest BCUT2D eigenvalue weighted by Gasteiger charge is 2.13. The van der Waals surface area contributed by atoms with Crippen molar-refractivity contribution in [2.75, 3.05) is 13.8 Å². The van der Waals surface area contributed by atoms with Crippen LogP contribution in [0.4, 0.5) is 5.69 Å². The van der Waals surface area contributed by atoms with E-state index in [0.717, 1.165) is 22.6 Å². The first-order chi connectivity index (χ1) is 12.2. The van der Waals surface area contributed by atoms with Crippen LogP contribution in [0, 0.1) is 10.1 Å². The number of benzene rings is 2. The Kier molecular flexibility index (Phi) is 4.98. The van der Waals surface area contributed by atoms with E-state index in [2.05, 4.69) is 15.6 Å². The van der Waals surface area contributed by atoms with E-state index in [-0.39, 0.29) is 12.5 Å². The third-order valence-corrected chi connectivity index (χ3v) is 3.70. The van der Waals surface area contributed by atoms with Gasteiger partial charge in [-0.15, -0.1) is 0 Å². The number of guanidine groups is 1. The smallest absolute Gasteiger partial charge is 0.269 e. The Labute approximate surface area is 144 Å². The van der Waals surface area contributed by atoms with Gasteiger partial charge in [-0.3, -0.25) is 15.1 Å². The molecule has 3 rings (SSSR count). The van der Waals surface area contributed by atoms with Crippen LogP contribution in [0.2, 0.25) is 0 Å². The largest absolute Gasteiger partial charge is 0.454 e. The molecule has 2 aromatic rings. The van der Waals surface area contributed by atoms with Gasteiger partial charge >= 0.3 is 0 Å². The molecule has 2 aromatic carbocycles. The summed E-state index contributed by atoms with van der Waals surface area (Å²) in [6, 6.07) is 12.2. The molecule has 0 radical (unpaired) electrons. The van der Waals surface area contributed by atoms with Crippen LogP contribution in [-0.4, -0.2) is 24.7 Å². The Morgan fingerprint density at radius 3 is 2.56 bits per heavy atom. The molecule has 8 nitrogen and oxygen atoms in total. The van der Waals surface area contributed by atoms with Gasteiger partial charge in [-0.05, 0) is 23.3 Å². The molecule has 0 amide bonds. The lowest BCUT2D eigenvalue weighted by atomic mass is 10.2. The molecular formula is C17H18N4O4. The highest BCUT2D eigenvalue weighted by Crippen LogP contribution is 2.32. The molecule has 1 aliphatic heterocycles. The van der Waals surface area contributed by atoms with E-state index in [1.165, 1.54) is 12.1 Å². The first-order valence-corrected chi connectivity index (χ1v) is 7.72. The van der Waals surface area contributed by atoms with Gasteiger partial charge in [-0.2, -0.15) is 0 Å². The predicted molar refractivity (Wildman–Crippen MR) is 92.7 cm³/mol. The van der Waals surface area contributed by atoms with Crippen molar-refractivity contribution in [2.24, 2.45) is 4.99 Å². The number of hydrogen-bond acceptors (Lipinski definition) is 5. The summed E-state index contributed by atoms with van der Waals surface area (Å²) >= 11 is 0. The van der Waals surface area contributed by atoms with Crippen LogP contribution in [-0.2, 0) is 13.1 Å². The van der Waals surface area contributed by atoms with Gasteiger partial charge in [0.1, 0.15) is 0 Å². The second-order valence-corrected chi connectivity index (χ2v) is 5.39. The number of nitrogens with one attached hydrogen (secondary N) is 2. The fraction of sp³-hybridized carbons (Fsp3) is 0.235. The summed E-state index contributed by atoms with van der Waals surface area (Å²) < 4.78 is 10.6. The highest BCUT2D eigenvalue weighted by molar-refractivity contribution is 5.79. The maximum atomic E-state index is 10.8. The second kappa shape index (κ2) is 7.52. The Morgan fingerprint density at radius 1 is 1.12 bits per heavy atom. The molecule has 0 spiro atoms. The average Bonchev–Trinajstić information content (AvgIpc) is 3.10. The van der Waals surface area contributed by atoms with Gasteiger partial charge in [0.05, 0.1) is 4.92 Å². The number of fused-ring (bicyclic) bond motifs is 1. The summed E-state index contributed by atoms with van der Waals surface area (Å²) in [4.78, 5) is 14.6. The summed E-state index contributed by atoms with van der Waals surface area (Å²) in [7, 11) is 1.67. The normalized spacial score (nSPS) is 12.8. The van der Waals surface area contributed by atoms with Crippen LogP contribution in [0.15, 0.2) is 47.5 Å². The zero-order valence-electron chi connectivity index (χ0n) is 13.7. The number of aliphatic imine (C=N–C) groups is 1. The van der Waals surface area contributed by atoms with Gasteiger partial charge in [0.2, 0.25) is 6.79 Å². The summed E-state index contributed by atoms with van der Waals surface area (Å²) in [6.45, 7) is 1.24. The Bertz CT molecular complexity index is 807. The van der Waals surface area contributed by atoms with E-state index >= 15 is 0 Å². The first kappa shape index (κ1) is 16.6. The van der Waals surface area contributed by atoms with E-state index < -0.39 is 4.92 Å². The average molecular weight is 342 g/mol. The highest BCUT2D eigenvalue weighted by atomic mass is 16.7. The molecule has 0 unspecified atom stereocenters. The molecule has 0 fully saturated rings. The Morgan fingerprint density at radius 2 is 1.84 bits per heavy atom. The molecule has 1 heterocycles. The number of rotatable bonds is 5. The van der Waals surface area contributed by atoms with Gasteiger partial charge in [0, 0.05) is 32.3 Å². The monoisotopic (exact) mass is 342 g/mol. The lowest BCUT2D eigenvalue weighted by Crippen LogP contribution is -2.36. The van der Waals surface area contributed by atoms with Crippen molar-refractivity contribution in [3.63, 3.8) is 0 Å². The van der Waals surface area contributed by atoms with Gasteiger partial charge in [-0.25, -0.2) is 0 Å². The number of nitro benzene ring substituents is 1. The third kappa shape index (κ3) is 4.17. The first-order valence-electron chi connectivity index (χ1n) is 7.72. The summed E-state index contributed by atoms with van der Waals surface area (Å²) in [6.07, 6.45) is 0. The molecule has 8 heteroatoms. The topological polar surface area (TPSA) is 98.0 Å². The molecule has 0 saturated heterocycles. The Hall–Kier alpha value is -3.29. The number of ether oxygens (including phenoxy) is 2. The number of nitrogens with zero attached hydrogens (tertiary/aromatic N) is 2. The molecule has 0 aromatic heterocycles. The van der Waals surface area contributed by atoms with Crippen LogP contribution in [0.25, 0.3) is 0 Å². The fourth-order valence-electron chi connectivity index (χ4n) is 2.42. The van der Waals surface area contributed by atoms with E-state index in [1.54, 1.807) is 13.1 Å². The SMILES string of the molecule is CN=C(NCc1cccc([N+](=O)[O-])c1)NCc1ccc2c(c1)OCO2. The minimum Gasteiger partial charge on any atom is -0.454 e. The zero-order valence-corrected chi connectivity index (χ0v) is 13.7. The molecule has 0 bridgehead atoms. The van der Waals surface area contributed by atoms with E-state index in [1.807, 2.05) is 24.3 Å². The summed E-state index contributed by atoms with van der Waals surface area (Å²) in [5, 5.41) is 17.1. The molecule has 0 atom stereocenters. The molecule has 130 valence electrons. The van der Waals surface area contributed by atoms with Crippen LogP contribution < -0.4 is 20.1 Å². The zero-order chi connectivity index (χ0) is 17.6. The van der Waals surface area contributed by atoms with Crippen molar-refractivity contribution in [3.05, 3.63) is 63.7 Å². The summed E-state index contributed by atoms with van der Waals surface area (Å²) in [5.41, 5.74) is 1.91. The molecule has 0 saturated carbocycles. The third-order valence-electron chi connectivity index (χ3n) is 3.70. The van der Waals surface area contributed by atoms with Crippen molar-refractivity contribution >= 4 is 11.6 Å². The minimum atomic E-state index is -0.407. The second-order valence-electron chi connectivity index (χ2n) is 5.39. The van der Waals surface area contributed by atoms with Crippen molar-refractivity contribution in [2.45, 2.75) is 13.1 Å². The molecular weight excluding hydrogens is 324 g/mol. The quantitative estimate of drug-likeness (QED) is 0.374. The molecule has 1 aliphatic rings. The molecule has 25 heavy (non-hydrogen) atoms. The molecule has 2 N–H and O–H groups in total. The number of hydrogen-bond donors (Lipinski definition) is 2. The van der Waals surface area contributed by atoms with E-state index in [9.17, 15) is 10.1 Å². The van der Waals surface area contributed by atoms with Crippen molar-refractivity contribution in [3.8, 4) is 11.5 Å². The number of non-ortho nitro benzene ring substituents is 1. The minimum absolute atomic E-state index is 0.0719. The maximum absolute atomic E-state index is 10.8. The van der Waals surface area contributed by atoms with Crippen molar-refractivity contribution in [1.82, 2.24) is 10.6 Å². The van der Waals surface area contributed by atoms with Crippen molar-refractivity contribution < 1.29 is 14.4 Å². The lowest BCUT2D eigenvalue weighted by Gasteiger charge is -2.12. The van der Waals surface area contributed by atoms with Gasteiger partial charge < -0.3 is 20.1 Å². The lowest BCUT2D eigenvalue weighted by molar-refractivity contribution is -0.384. The molecule has 0 aliphatic carbocycles. The van der Waals surface area contributed by atoms with Crippen LogP contribution in [0.3, 0.4) is 0 Å². The summed E-state index contributed by atoms with van der Waals surface area (Å²) in [5.74, 6) is 2.08. The standard InChI is InChI=1S/C17H18N4O4/c1-18-17(19-9-12-3-2-4-14(7-12)21(22)23)20-10-13-5-6-15-16(8-13)25-11-24-15/h2-8H,9-11H2,1H3,(H2,18,19,20). The van der Waals surface area contributed by atoms with Crippen molar-refractivity contribution in [1.29, 1.82) is 0 Å². The van der Waals surface area contributed by atoms with Crippen LogP contribution >= 0.6 is 0 Å². The van der Waals surface area contributed by atoms with Gasteiger partial charge in [0.15, 0.2) is 17.5 Å². The van der Waals surface area contributed by atoms with Crippen LogP contribution in [0.1, 0.15) is 11.1 Å². The number of nitro groups is 1. The van der Waals surface area contributed by atoms with E-state index in [4.69, 9.17) is 9.47 Å². The van der Waals surface area contributed by atoms with E-state index in [0.29, 0.717) is 19.0 Å².